The van der Waals surface area contributed by atoms with Crippen molar-refractivity contribution in [2.24, 2.45) is 0 Å². The Morgan fingerprint density at radius 3 is 0.595 bits per heavy atom. The Morgan fingerprint density at radius 1 is 0.266 bits per heavy atom. The third kappa shape index (κ3) is 21.9. The molecule has 0 spiro atoms. The third-order valence-electron chi connectivity index (χ3n) is 6.62. The fraction of sp³-hybridized carbons (Fsp3) is 0.897. The molecule has 50 heteroatoms. The van der Waals surface area contributed by atoms with Crippen LogP contribution in [0.25, 0.3) is 0 Å². The second-order valence-corrected chi connectivity index (χ2v) is 13.1. The first-order valence-electron chi connectivity index (χ1n) is 17.5. The summed E-state index contributed by atoms with van der Waals surface area (Å²) in [4.78, 5) is 31.1. The molecule has 0 amide bonds. The van der Waals surface area contributed by atoms with Crippen LogP contribution in [0.2, 0.25) is 0 Å². The normalized spacial score (nSPS) is 14.7. The molecule has 0 rings (SSSR count). The van der Waals surface area contributed by atoms with Crippen LogP contribution in [0.5, 0.6) is 0 Å². The summed E-state index contributed by atoms with van der Waals surface area (Å²) in [7, 11) is 1.96. The van der Waals surface area contributed by atoms with Gasteiger partial charge in [-0.1, -0.05) is 0 Å². The van der Waals surface area contributed by atoms with E-state index < -0.39 is 155 Å². The van der Waals surface area contributed by atoms with Crippen molar-refractivity contribution >= 4 is 18.5 Å². The number of methoxy groups -OCH3 is 4. The molecule has 0 N–H and O–H groups in total. The van der Waals surface area contributed by atoms with Crippen LogP contribution >= 0.6 is 0 Å². The molecule has 0 aromatic heterocycles. The minimum absolute atomic E-state index is 0.167. The van der Waals surface area contributed by atoms with Gasteiger partial charge < -0.3 is 33.2 Å². The highest BCUT2D eigenvalue weighted by molar-refractivity contribution is 5.60. The maximum absolute atomic E-state index is 13.2. The summed E-state index contributed by atoms with van der Waals surface area (Å²) in [5.74, 6) is -25.5. The minimum Gasteiger partial charge on any atom is -0.438 e. The van der Waals surface area contributed by atoms with Crippen molar-refractivity contribution in [2.75, 3.05) is 48.3 Å². The largest absolute Gasteiger partial charge is 0.508 e. The molecule has 0 radical (unpaired) electrons. The molecule has 0 saturated carbocycles. The van der Waals surface area contributed by atoms with Crippen molar-refractivity contribution in [3.05, 3.63) is 0 Å². The van der Waals surface area contributed by atoms with Crippen LogP contribution in [0.15, 0.2) is 0 Å². The molecule has 0 saturated heterocycles. The highest BCUT2D eigenvalue weighted by Gasteiger charge is 2.80. The van der Waals surface area contributed by atoms with Crippen molar-refractivity contribution in [1.29, 1.82) is 0 Å². The third-order valence-corrected chi connectivity index (χ3v) is 6.62. The van der Waals surface area contributed by atoms with Crippen molar-refractivity contribution in [2.45, 2.75) is 117 Å². The number of carbonyl (C=O) groups excluding carboxylic acids is 3. The van der Waals surface area contributed by atoms with E-state index in [0.717, 1.165) is 7.11 Å². The van der Waals surface area contributed by atoms with E-state index >= 15 is 0 Å². The molecule has 0 fully saturated rings. The fourth-order valence-corrected chi connectivity index (χ4v) is 2.91. The van der Waals surface area contributed by atoms with Gasteiger partial charge in [0.1, 0.15) is 0 Å². The van der Waals surface area contributed by atoms with E-state index in [2.05, 4.69) is 47.4 Å². The summed E-state index contributed by atoms with van der Waals surface area (Å²) in [6.45, 7) is -9.13. The highest BCUT2D eigenvalue weighted by atomic mass is 19.4. The van der Waals surface area contributed by atoms with Gasteiger partial charge in [0.2, 0.25) is 0 Å². The number of hydrogen-bond acceptors (Lipinski definition) is 16. The topological polar surface area (TPSA) is 171 Å². The summed E-state index contributed by atoms with van der Waals surface area (Å²) >= 11 is 0. The van der Waals surface area contributed by atoms with Crippen LogP contribution in [0.1, 0.15) is 13.8 Å². The molecule has 474 valence electrons. The van der Waals surface area contributed by atoms with Crippen molar-refractivity contribution in [1.82, 2.24) is 0 Å². The first-order valence-corrected chi connectivity index (χ1v) is 17.5. The Bertz CT molecular complexity index is 1960. The monoisotopic (exact) mass is 1270 g/mol. The standard InChI is InChI=1S/C12H8F16O6.C10H8F12O5.C7H8F6O5/c1-5(13,14)7(17,18)8(19,20)33-11(25,26)12(27,28)34-10(23,24)9(21,22)32-6(15,16)3-31-4(29)30-2;1-5(11,12)7(15,16)8(17,18)27-10(21,22)9(19,20)26-6(13,14)3-25-4(23)24-2;1-15-4(14)17-3-5(8,9)18-7(12,13)6(10,11)16-2/h3H2,1-2H3;3H2,1-2H3;3H2,1-2H3. The van der Waals surface area contributed by atoms with Crippen LogP contribution in [-0.4, -0.2) is 170 Å². The maximum atomic E-state index is 13.2. The minimum atomic E-state index is -7.52. The van der Waals surface area contributed by atoms with E-state index in [4.69, 9.17) is 0 Å². The molecule has 0 bridgehead atoms. The summed E-state index contributed by atoms with van der Waals surface area (Å²) in [5, 5.41) is 0. The van der Waals surface area contributed by atoms with Gasteiger partial charge in [-0.2, -0.15) is 149 Å². The molecule has 0 aliphatic rings. The predicted molar refractivity (Wildman–Crippen MR) is 164 cm³/mol. The number of ether oxygens (including phenoxy) is 13. The number of alkyl halides is 34. The molecule has 16 nitrogen and oxygen atoms in total. The zero-order valence-electron chi connectivity index (χ0n) is 37.5. The molecule has 0 aliphatic carbocycles. The van der Waals surface area contributed by atoms with Gasteiger partial charge in [0.05, 0.1) is 21.3 Å². The van der Waals surface area contributed by atoms with Crippen LogP contribution < -0.4 is 0 Å². The molecular formula is C29H24F34O16. The quantitative estimate of drug-likeness (QED) is 0.0432. The Balaban J connectivity index is -0.00000115. The molecule has 79 heavy (non-hydrogen) atoms. The van der Waals surface area contributed by atoms with E-state index in [0.29, 0.717) is 14.2 Å². The van der Waals surface area contributed by atoms with E-state index in [1.54, 1.807) is 9.47 Å². The number of rotatable bonds is 27. The molecular weight excluding hydrogens is 1250 g/mol. The van der Waals surface area contributed by atoms with Gasteiger partial charge in [-0.25, -0.2) is 42.8 Å². The smallest absolute Gasteiger partial charge is 0.438 e. The molecule has 0 aliphatic heterocycles. The Kier molecular flexibility index (Phi) is 25.3. The van der Waals surface area contributed by atoms with Gasteiger partial charge in [0.15, 0.2) is 19.8 Å². The molecule has 0 aromatic carbocycles. The van der Waals surface area contributed by atoms with E-state index in [9.17, 15) is 164 Å². The first-order chi connectivity index (χ1) is 34.2. The summed E-state index contributed by atoms with van der Waals surface area (Å²) < 4.78 is 473. The Hall–Kier alpha value is -4.85. The van der Waals surface area contributed by atoms with Gasteiger partial charge in [-0.15, -0.1) is 0 Å². The summed E-state index contributed by atoms with van der Waals surface area (Å²) in [6, 6.07) is 0. The van der Waals surface area contributed by atoms with Crippen molar-refractivity contribution in [3.63, 3.8) is 0 Å². The Morgan fingerprint density at radius 2 is 0.430 bits per heavy atom. The maximum Gasteiger partial charge on any atom is 0.508 e. The highest BCUT2D eigenvalue weighted by Crippen LogP contribution is 2.54. The SMILES string of the molecule is COC(=O)OCC(F)(F)OC(F)(F)C(F)(F)OC.COC(=O)OCC(F)(F)OC(F)(F)C(F)(F)OC(F)(F)C(F)(F)C(C)(F)F.COC(=O)OCC(F)(F)OC(F)(F)C(F)(F)OC(F)(F)C(F)(F)OC(F)(F)C(F)(F)C(C)(F)F. The van der Waals surface area contributed by atoms with Crippen LogP contribution in [-0.2, 0) is 61.6 Å². The fourth-order valence-electron chi connectivity index (χ4n) is 2.91. The van der Waals surface area contributed by atoms with Gasteiger partial charge >= 0.3 is 122 Å². The number of carbonyl (C=O) groups is 3. The molecule has 0 heterocycles. The summed E-state index contributed by atoms with van der Waals surface area (Å²) in [6.07, 6.45) is -90.0. The predicted octanol–water partition coefficient (Wildman–Crippen LogP) is 12.3. The second kappa shape index (κ2) is 25.5. The Labute approximate surface area is 410 Å². The van der Waals surface area contributed by atoms with Gasteiger partial charge in [0, 0.05) is 21.0 Å². The van der Waals surface area contributed by atoms with Crippen molar-refractivity contribution in [3.8, 4) is 0 Å². The van der Waals surface area contributed by atoms with E-state index in [1.807, 2.05) is 0 Å². The number of halogens is 34. The number of hydrogen-bond donors (Lipinski definition) is 0. The lowest BCUT2D eigenvalue weighted by Crippen LogP contribution is -2.61. The lowest BCUT2D eigenvalue weighted by Gasteiger charge is -2.36. The zero-order valence-corrected chi connectivity index (χ0v) is 37.5. The zero-order chi connectivity index (χ0) is 64.5. The average Bonchev–Trinajstić information content (AvgIpc) is 3.20. The van der Waals surface area contributed by atoms with Crippen LogP contribution in [0, 0.1) is 0 Å². The summed E-state index contributed by atoms with van der Waals surface area (Å²) in [5.41, 5.74) is 0. The van der Waals surface area contributed by atoms with E-state index in [1.165, 1.54) is 4.74 Å². The van der Waals surface area contributed by atoms with Crippen molar-refractivity contribution < 1.29 is 225 Å². The average molecular weight is 1270 g/mol. The second-order valence-electron chi connectivity index (χ2n) is 13.1. The molecule has 0 atom stereocenters. The van der Waals surface area contributed by atoms with Crippen LogP contribution in [0.3, 0.4) is 0 Å². The lowest BCUT2D eigenvalue weighted by atomic mass is 10.2. The molecule has 0 aromatic rings. The first kappa shape index (κ1) is 78.4. The van der Waals surface area contributed by atoms with Crippen LogP contribution in [0.4, 0.5) is 164 Å². The lowest BCUT2D eigenvalue weighted by molar-refractivity contribution is -0.566. The van der Waals surface area contributed by atoms with Gasteiger partial charge in [-0.05, 0) is 0 Å². The molecule has 0 unspecified atom stereocenters. The van der Waals surface area contributed by atoms with Gasteiger partial charge in [-0.3, -0.25) is 0 Å². The van der Waals surface area contributed by atoms with Gasteiger partial charge in [0.25, 0.3) is 0 Å². The van der Waals surface area contributed by atoms with E-state index in [-0.39, 0.29) is 7.11 Å².